The Bertz CT molecular complexity index is 1030. The van der Waals surface area contributed by atoms with Crippen LogP contribution in [0.1, 0.15) is 35.9 Å². The molecule has 2 heterocycles. The number of hydrogen-bond donors (Lipinski definition) is 1. The molecule has 3 aromatic rings. The van der Waals surface area contributed by atoms with Gasteiger partial charge in [0.1, 0.15) is 16.8 Å². The first-order valence-electron chi connectivity index (χ1n) is 9.94. The van der Waals surface area contributed by atoms with Gasteiger partial charge in [0.25, 0.3) is 0 Å². The average Bonchev–Trinajstić information content (AvgIpc) is 2.98. The van der Waals surface area contributed by atoms with Crippen LogP contribution in [0.3, 0.4) is 0 Å². The maximum absolute atomic E-state index is 13.3. The minimum absolute atomic E-state index is 0.140. The molecule has 1 N–H and O–H groups in total. The minimum Gasteiger partial charge on any atom is -0.495 e. The number of thioether (sulfide) groups is 1. The molecule has 6 nitrogen and oxygen atoms in total. The first-order chi connectivity index (χ1) is 14.7. The molecular weight excluding hydrogens is 420 g/mol. The molecule has 1 aliphatic rings. The van der Waals surface area contributed by atoms with Crippen LogP contribution in [0.5, 0.6) is 5.75 Å². The fourth-order valence-corrected chi connectivity index (χ4v) is 4.84. The van der Waals surface area contributed by atoms with Gasteiger partial charge in [-0.2, -0.15) is 0 Å². The molecule has 30 heavy (non-hydrogen) atoms. The number of amides is 1. The highest BCUT2D eigenvalue weighted by molar-refractivity contribution is 8.00. The van der Waals surface area contributed by atoms with Crippen molar-refractivity contribution >= 4 is 35.0 Å². The summed E-state index contributed by atoms with van der Waals surface area (Å²) in [5, 5.41) is 12.5. The van der Waals surface area contributed by atoms with E-state index >= 15 is 0 Å². The van der Waals surface area contributed by atoms with Crippen LogP contribution in [-0.2, 0) is 17.8 Å². The van der Waals surface area contributed by atoms with E-state index in [0.29, 0.717) is 16.5 Å². The molecule has 156 valence electrons. The van der Waals surface area contributed by atoms with Gasteiger partial charge >= 0.3 is 0 Å². The predicted molar refractivity (Wildman–Crippen MR) is 119 cm³/mol. The molecule has 0 saturated carbocycles. The lowest BCUT2D eigenvalue weighted by Gasteiger charge is -2.17. The van der Waals surface area contributed by atoms with E-state index in [1.165, 1.54) is 18.2 Å². The summed E-state index contributed by atoms with van der Waals surface area (Å²) in [7, 11) is 1.56. The maximum atomic E-state index is 13.3. The second-order valence-electron chi connectivity index (χ2n) is 7.11. The lowest BCUT2D eigenvalue weighted by molar-refractivity contribution is -0.115. The first-order valence-corrected chi connectivity index (χ1v) is 11.2. The predicted octanol–water partition coefficient (Wildman–Crippen LogP) is 5.14. The third-order valence-corrected chi connectivity index (χ3v) is 6.59. The number of nitrogens with one attached hydrogen (secondary N) is 1. The van der Waals surface area contributed by atoms with Crippen LogP contribution in [0, 0.1) is 0 Å². The SMILES string of the molecule is COc1ccc(NC(=O)[C@H](Sc2nnc3n2CCCCC3)c2ccccc2)cc1Cl. The number of anilines is 1. The smallest absolute Gasteiger partial charge is 0.242 e. The van der Waals surface area contributed by atoms with Crippen LogP contribution in [-0.4, -0.2) is 27.8 Å². The van der Waals surface area contributed by atoms with Crippen molar-refractivity contribution in [2.45, 2.75) is 42.6 Å². The van der Waals surface area contributed by atoms with E-state index in [-0.39, 0.29) is 5.91 Å². The molecular formula is C22H23ClN4O2S. The number of halogens is 1. The highest BCUT2D eigenvalue weighted by atomic mass is 35.5. The number of carbonyl (C=O) groups is 1. The summed E-state index contributed by atoms with van der Waals surface area (Å²) >= 11 is 7.65. The zero-order valence-electron chi connectivity index (χ0n) is 16.7. The van der Waals surface area contributed by atoms with Crippen molar-refractivity contribution in [2.75, 3.05) is 12.4 Å². The minimum atomic E-state index is -0.469. The highest BCUT2D eigenvalue weighted by Crippen LogP contribution is 2.37. The van der Waals surface area contributed by atoms with Crippen LogP contribution in [0.15, 0.2) is 53.7 Å². The zero-order chi connectivity index (χ0) is 20.9. The zero-order valence-corrected chi connectivity index (χ0v) is 18.2. The van der Waals surface area contributed by atoms with Gasteiger partial charge in [-0.05, 0) is 36.6 Å². The Morgan fingerprint density at radius 2 is 2.00 bits per heavy atom. The summed E-state index contributed by atoms with van der Waals surface area (Å²) in [5.74, 6) is 1.43. The lowest BCUT2D eigenvalue weighted by Crippen LogP contribution is -2.19. The van der Waals surface area contributed by atoms with Crippen LogP contribution in [0.25, 0.3) is 0 Å². The van der Waals surface area contributed by atoms with Gasteiger partial charge < -0.3 is 14.6 Å². The number of benzene rings is 2. The third kappa shape index (κ3) is 4.63. The highest BCUT2D eigenvalue weighted by Gasteiger charge is 2.26. The monoisotopic (exact) mass is 442 g/mol. The van der Waals surface area contributed by atoms with Crippen LogP contribution in [0.2, 0.25) is 5.02 Å². The summed E-state index contributed by atoms with van der Waals surface area (Å²) in [6.07, 6.45) is 4.35. The van der Waals surface area contributed by atoms with Crippen molar-refractivity contribution in [1.82, 2.24) is 14.8 Å². The number of hydrogen-bond acceptors (Lipinski definition) is 5. The Labute approximate surface area is 185 Å². The van der Waals surface area contributed by atoms with Crippen molar-refractivity contribution in [3.63, 3.8) is 0 Å². The van der Waals surface area contributed by atoms with Crippen LogP contribution < -0.4 is 10.1 Å². The molecule has 0 fully saturated rings. The Balaban J connectivity index is 1.60. The van der Waals surface area contributed by atoms with E-state index < -0.39 is 5.25 Å². The third-order valence-electron chi connectivity index (χ3n) is 5.06. The molecule has 0 aliphatic carbocycles. The van der Waals surface area contributed by atoms with Gasteiger partial charge in [0.15, 0.2) is 5.16 Å². The largest absolute Gasteiger partial charge is 0.495 e. The standard InChI is InChI=1S/C22H23ClN4O2S/c1-29-18-12-11-16(14-17(18)23)24-21(28)20(15-8-4-2-5-9-15)30-22-26-25-19-10-6-3-7-13-27(19)22/h2,4-5,8-9,11-12,14,20H,3,6-7,10,13H2,1H3,(H,24,28)/t20-/m1/s1. The van der Waals surface area contributed by atoms with Gasteiger partial charge in [-0.15, -0.1) is 10.2 Å². The van der Waals surface area contributed by atoms with E-state index in [1.807, 2.05) is 30.3 Å². The Kier molecular flexibility index (Phi) is 6.59. The van der Waals surface area contributed by atoms with E-state index in [4.69, 9.17) is 16.3 Å². The quantitative estimate of drug-likeness (QED) is 0.535. The van der Waals surface area contributed by atoms with Gasteiger partial charge in [0.2, 0.25) is 5.91 Å². The Morgan fingerprint density at radius 3 is 2.77 bits per heavy atom. The molecule has 8 heteroatoms. The number of aromatic nitrogens is 3. The van der Waals surface area contributed by atoms with Crippen molar-refractivity contribution in [2.24, 2.45) is 0 Å². The van der Waals surface area contributed by atoms with Gasteiger partial charge in [-0.3, -0.25) is 4.79 Å². The molecule has 0 bridgehead atoms. The number of fused-ring (bicyclic) bond motifs is 1. The summed E-state index contributed by atoms with van der Waals surface area (Å²) in [4.78, 5) is 13.3. The maximum Gasteiger partial charge on any atom is 0.242 e. The molecule has 0 unspecified atom stereocenters. The summed E-state index contributed by atoms with van der Waals surface area (Å²) in [6.45, 7) is 0.891. The summed E-state index contributed by atoms with van der Waals surface area (Å²) < 4.78 is 7.35. The average molecular weight is 443 g/mol. The molecule has 0 spiro atoms. The normalized spacial score (nSPS) is 14.5. The van der Waals surface area contributed by atoms with E-state index in [9.17, 15) is 4.79 Å². The number of carbonyl (C=O) groups excluding carboxylic acids is 1. The van der Waals surface area contributed by atoms with Gasteiger partial charge in [-0.1, -0.05) is 60.1 Å². The Morgan fingerprint density at radius 1 is 1.17 bits per heavy atom. The molecule has 1 amide bonds. The first kappa shape index (κ1) is 20.8. The molecule has 2 aromatic carbocycles. The number of aryl methyl sites for hydroxylation is 1. The van der Waals surface area contributed by atoms with E-state index in [2.05, 4.69) is 20.1 Å². The summed E-state index contributed by atoms with van der Waals surface area (Å²) in [5.41, 5.74) is 1.53. The number of methoxy groups -OCH3 is 1. The fourth-order valence-electron chi connectivity index (χ4n) is 3.50. The Hall–Kier alpha value is -2.51. The molecule has 1 aliphatic heterocycles. The molecule has 0 saturated heterocycles. The van der Waals surface area contributed by atoms with Gasteiger partial charge in [-0.25, -0.2) is 0 Å². The van der Waals surface area contributed by atoms with Crippen molar-refractivity contribution in [3.05, 3.63) is 64.9 Å². The van der Waals surface area contributed by atoms with Gasteiger partial charge in [0.05, 0.1) is 12.1 Å². The second kappa shape index (κ2) is 9.53. The van der Waals surface area contributed by atoms with E-state index in [0.717, 1.165) is 42.4 Å². The number of ether oxygens (including phenoxy) is 1. The fraction of sp³-hybridized carbons (Fsp3) is 0.318. The van der Waals surface area contributed by atoms with E-state index in [1.54, 1.807) is 25.3 Å². The number of rotatable bonds is 6. The van der Waals surface area contributed by atoms with Crippen molar-refractivity contribution in [3.8, 4) is 5.75 Å². The second-order valence-corrected chi connectivity index (χ2v) is 8.59. The van der Waals surface area contributed by atoms with Crippen molar-refractivity contribution in [1.29, 1.82) is 0 Å². The van der Waals surface area contributed by atoms with Crippen LogP contribution >= 0.6 is 23.4 Å². The summed E-state index contributed by atoms with van der Waals surface area (Å²) in [6, 6.07) is 14.9. The lowest BCUT2D eigenvalue weighted by atomic mass is 10.1. The molecule has 4 rings (SSSR count). The molecule has 1 aromatic heterocycles. The van der Waals surface area contributed by atoms with Crippen molar-refractivity contribution < 1.29 is 9.53 Å². The molecule has 1 atom stereocenters. The van der Waals surface area contributed by atoms with Gasteiger partial charge in [0, 0.05) is 18.7 Å². The number of nitrogens with zero attached hydrogens (tertiary/aromatic N) is 3. The van der Waals surface area contributed by atoms with Crippen LogP contribution in [0.4, 0.5) is 5.69 Å². The topological polar surface area (TPSA) is 69.0 Å². The molecule has 0 radical (unpaired) electrons.